The summed E-state index contributed by atoms with van der Waals surface area (Å²) in [6, 6.07) is 14.6. The number of rotatable bonds is 6. The highest BCUT2D eigenvalue weighted by atomic mass is 19.1. The number of hydrogen-bond donors (Lipinski definition) is 1. The summed E-state index contributed by atoms with van der Waals surface area (Å²) in [5, 5.41) is 2.83. The number of nitrogens with one attached hydrogen (secondary N) is 1. The van der Waals surface area contributed by atoms with Crippen LogP contribution in [0.25, 0.3) is 6.08 Å². The van der Waals surface area contributed by atoms with E-state index < -0.39 is 0 Å². The largest absolute Gasteiger partial charge is 0.352 e. The van der Waals surface area contributed by atoms with E-state index in [1.165, 1.54) is 29.3 Å². The monoisotopic (exact) mass is 311 g/mol. The number of carbonyl (C=O) groups excluding carboxylic acids is 1. The summed E-state index contributed by atoms with van der Waals surface area (Å²) in [5.74, 6) is 0.0437. The third kappa shape index (κ3) is 5.70. The molecule has 120 valence electrons. The predicted molar refractivity (Wildman–Crippen MR) is 92.7 cm³/mol. The van der Waals surface area contributed by atoms with Crippen LogP contribution in [0.4, 0.5) is 4.39 Å². The Morgan fingerprint density at radius 1 is 1.17 bits per heavy atom. The fourth-order valence-electron chi connectivity index (χ4n) is 2.24. The number of benzene rings is 2. The van der Waals surface area contributed by atoms with Gasteiger partial charge in [-0.1, -0.05) is 50.2 Å². The van der Waals surface area contributed by atoms with Crippen molar-refractivity contribution >= 4 is 12.0 Å². The zero-order valence-electron chi connectivity index (χ0n) is 13.6. The maximum Gasteiger partial charge on any atom is 0.244 e. The molecule has 0 saturated carbocycles. The lowest BCUT2D eigenvalue weighted by molar-refractivity contribution is -0.116. The minimum absolute atomic E-state index is 0.173. The number of carbonyl (C=O) groups is 1. The van der Waals surface area contributed by atoms with Crippen LogP contribution in [0.1, 0.15) is 36.5 Å². The van der Waals surface area contributed by atoms with Crippen LogP contribution in [0.15, 0.2) is 54.6 Å². The minimum atomic E-state index is -0.308. The molecule has 23 heavy (non-hydrogen) atoms. The van der Waals surface area contributed by atoms with E-state index in [2.05, 4.69) is 43.4 Å². The first-order chi connectivity index (χ1) is 11.0. The fraction of sp³-hybridized carbons (Fsp3) is 0.250. The van der Waals surface area contributed by atoms with Crippen LogP contribution >= 0.6 is 0 Å². The van der Waals surface area contributed by atoms with Crippen molar-refractivity contribution in [3.8, 4) is 0 Å². The molecule has 3 heteroatoms. The van der Waals surface area contributed by atoms with Gasteiger partial charge >= 0.3 is 0 Å². The first-order valence-electron chi connectivity index (χ1n) is 7.85. The van der Waals surface area contributed by atoms with Gasteiger partial charge in [0, 0.05) is 12.6 Å². The summed E-state index contributed by atoms with van der Waals surface area (Å²) < 4.78 is 13.0. The van der Waals surface area contributed by atoms with Gasteiger partial charge in [0.2, 0.25) is 5.91 Å². The molecule has 0 heterocycles. The Kier molecular flexibility index (Phi) is 6.10. The van der Waals surface area contributed by atoms with Crippen LogP contribution in [0.2, 0.25) is 0 Å². The third-order valence-electron chi connectivity index (χ3n) is 3.64. The molecule has 0 aromatic heterocycles. The van der Waals surface area contributed by atoms with E-state index in [-0.39, 0.29) is 11.7 Å². The molecule has 0 saturated heterocycles. The van der Waals surface area contributed by atoms with Crippen molar-refractivity contribution in [1.29, 1.82) is 0 Å². The average molecular weight is 311 g/mol. The molecule has 1 amide bonds. The van der Waals surface area contributed by atoms with Crippen LogP contribution in [0.3, 0.4) is 0 Å². The SMILES string of the molecule is CC(C)c1ccc(CCNC(=O)/C=C/c2cccc(F)c2)cc1. The highest BCUT2D eigenvalue weighted by molar-refractivity contribution is 5.91. The topological polar surface area (TPSA) is 29.1 Å². The van der Waals surface area contributed by atoms with Crippen LogP contribution in [-0.4, -0.2) is 12.5 Å². The minimum Gasteiger partial charge on any atom is -0.352 e. The van der Waals surface area contributed by atoms with Gasteiger partial charge in [0.15, 0.2) is 0 Å². The lowest BCUT2D eigenvalue weighted by Crippen LogP contribution is -2.23. The van der Waals surface area contributed by atoms with Crippen molar-refractivity contribution in [2.75, 3.05) is 6.54 Å². The van der Waals surface area contributed by atoms with Gasteiger partial charge in [0.05, 0.1) is 0 Å². The molecule has 0 fully saturated rings. The van der Waals surface area contributed by atoms with E-state index in [0.717, 1.165) is 6.42 Å². The molecule has 0 aliphatic carbocycles. The average Bonchev–Trinajstić information content (AvgIpc) is 2.53. The van der Waals surface area contributed by atoms with Crippen molar-refractivity contribution in [2.45, 2.75) is 26.2 Å². The molecule has 0 radical (unpaired) electrons. The number of hydrogen-bond acceptors (Lipinski definition) is 1. The molecule has 2 aromatic rings. The molecule has 0 atom stereocenters. The predicted octanol–water partition coefficient (Wildman–Crippen LogP) is 4.32. The fourth-order valence-corrected chi connectivity index (χ4v) is 2.24. The van der Waals surface area contributed by atoms with Crippen molar-refractivity contribution in [3.63, 3.8) is 0 Å². The van der Waals surface area contributed by atoms with Gasteiger partial charge in [0.25, 0.3) is 0 Å². The Balaban J connectivity index is 1.78. The standard InChI is InChI=1S/C20H22FNO/c1-15(2)18-9-6-16(7-10-18)12-13-22-20(23)11-8-17-4-3-5-19(21)14-17/h3-11,14-15H,12-13H2,1-2H3,(H,22,23)/b11-8+. The maximum atomic E-state index is 13.0. The second-order valence-corrected chi connectivity index (χ2v) is 5.83. The molecule has 0 spiro atoms. The van der Waals surface area contributed by atoms with E-state index >= 15 is 0 Å². The smallest absolute Gasteiger partial charge is 0.244 e. The lowest BCUT2D eigenvalue weighted by atomic mass is 10.0. The highest BCUT2D eigenvalue weighted by Crippen LogP contribution is 2.14. The quantitative estimate of drug-likeness (QED) is 0.791. The Morgan fingerprint density at radius 3 is 2.57 bits per heavy atom. The van der Waals surface area contributed by atoms with Gasteiger partial charge in [-0.15, -0.1) is 0 Å². The van der Waals surface area contributed by atoms with Crippen LogP contribution in [-0.2, 0) is 11.2 Å². The van der Waals surface area contributed by atoms with Gasteiger partial charge in [-0.2, -0.15) is 0 Å². The molecule has 0 aliphatic rings. The molecule has 0 unspecified atom stereocenters. The van der Waals surface area contributed by atoms with Gasteiger partial charge in [-0.05, 0) is 47.2 Å². The van der Waals surface area contributed by atoms with E-state index in [4.69, 9.17) is 0 Å². The van der Waals surface area contributed by atoms with Crippen LogP contribution in [0, 0.1) is 5.82 Å². The summed E-state index contributed by atoms with van der Waals surface area (Å²) in [4.78, 5) is 11.7. The normalized spacial score (nSPS) is 11.1. The molecule has 2 aromatic carbocycles. The maximum absolute atomic E-state index is 13.0. The van der Waals surface area contributed by atoms with Crippen molar-refractivity contribution in [2.24, 2.45) is 0 Å². The van der Waals surface area contributed by atoms with Gasteiger partial charge in [-0.25, -0.2) is 4.39 Å². The first kappa shape index (κ1) is 16.9. The second kappa shape index (κ2) is 8.28. The van der Waals surface area contributed by atoms with E-state index in [1.54, 1.807) is 18.2 Å². The van der Waals surface area contributed by atoms with Crippen LogP contribution in [0.5, 0.6) is 0 Å². The Morgan fingerprint density at radius 2 is 1.91 bits per heavy atom. The number of halogens is 1. The van der Waals surface area contributed by atoms with Gasteiger partial charge < -0.3 is 5.32 Å². The van der Waals surface area contributed by atoms with Gasteiger partial charge in [0.1, 0.15) is 5.82 Å². The Bertz CT molecular complexity index is 674. The molecule has 2 nitrogen and oxygen atoms in total. The van der Waals surface area contributed by atoms with Crippen molar-refractivity contribution in [3.05, 3.63) is 77.1 Å². The van der Waals surface area contributed by atoms with Crippen molar-refractivity contribution in [1.82, 2.24) is 5.32 Å². The lowest BCUT2D eigenvalue weighted by Gasteiger charge is -2.07. The van der Waals surface area contributed by atoms with Crippen LogP contribution < -0.4 is 5.32 Å². The highest BCUT2D eigenvalue weighted by Gasteiger charge is 2.00. The molecular weight excluding hydrogens is 289 g/mol. The summed E-state index contributed by atoms with van der Waals surface area (Å²) >= 11 is 0. The Hall–Kier alpha value is -2.42. The summed E-state index contributed by atoms with van der Waals surface area (Å²) in [6.07, 6.45) is 3.82. The van der Waals surface area contributed by atoms with E-state index in [1.807, 2.05) is 0 Å². The van der Waals surface area contributed by atoms with Gasteiger partial charge in [-0.3, -0.25) is 4.79 Å². The molecular formula is C20H22FNO. The zero-order valence-corrected chi connectivity index (χ0v) is 13.6. The first-order valence-corrected chi connectivity index (χ1v) is 7.85. The second-order valence-electron chi connectivity index (χ2n) is 5.83. The molecule has 1 N–H and O–H groups in total. The molecule has 2 rings (SSSR count). The van der Waals surface area contributed by atoms with E-state index in [0.29, 0.717) is 18.0 Å². The summed E-state index contributed by atoms with van der Waals surface area (Å²) in [7, 11) is 0. The number of amides is 1. The molecule has 0 bridgehead atoms. The third-order valence-corrected chi connectivity index (χ3v) is 3.64. The zero-order chi connectivity index (χ0) is 16.7. The summed E-state index contributed by atoms with van der Waals surface area (Å²) in [5.41, 5.74) is 3.18. The summed E-state index contributed by atoms with van der Waals surface area (Å²) in [6.45, 7) is 4.91. The Labute approximate surface area is 137 Å². The molecule has 0 aliphatic heterocycles. The van der Waals surface area contributed by atoms with E-state index in [9.17, 15) is 9.18 Å². The van der Waals surface area contributed by atoms with Crippen molar-refractivity contribution < 1.29 is 9.18 Å².